The van der Waals surface area contributed by atoms with Gasteiger partial charge in [0.25, 0.3) is 0 Å². The van der Waals surface area contributed by atoms with Crippen molar-refractivity contribution < 1.29 is 9.53 Å². The van der Waals surface area contributed by atoms with Crippen molar-refractivity contribution in [3.8, 4) is 0 Å². The fourth-order valence-electron chi connectivity index (χ4n) is 1.42. The van der Waals surface area contributed by atoms with Gasteiger partial charge in [-0.3, -0.25) is 4.90 Å². The summed E-state index contributed by atoms with van der Waals surface area (Å²) in [4.78, 5) is 13.0. The summed E-state index contributed by atoms with van der Waals surface area (Å²) in [7, 11) is 0. The largest absolute Gasteiger partial charge is 0.443 e. The number of ether oxygens (including phenoxy) is 1. The molecule has 0 N–H and O–H groups in total. The van der Waals surface area contributed by atoms with Crippen molar-refractivity contribution in [3.05, 3.63) is 30.3 Å². The van der Waals surface area contributed by atoms with Crippen LogP contribution in [0.5, 0.6) is 0 Å². The highest BCUT2D eigenvalue weighted by Gasteiger charge is 2.31. The molecular formula is C10H10ClNO2. The first kappa shape index (κ1) is 9.34. The van der Waals surface area contributed by atoms with Gasteiger partial charge >= 0.3 is 6.09 Å². The molecule has 1 amide bonds. The third kappa shape index (κ3) is 1.68. The molecule has 1 atom stereocenters. The molecule has 1 aliphatic rings. The van der Waals surface area contributed by atoms with E-state index in [0.29, 0.717) is 12.4 Å². The van der Waals surface area contributed by atoms with Crippen molar-refractivity contribution >= 4 is 23.4 Å². The molecule has 2 rings (SSSR count). The molecule has 0 unspecified atom stereocenters. The number of hydrogen-bond acceptors (Lipinski definition) is 2. The van der Waals surface area contributed by atoms with Crippen molar-refractivity contribution in [3.63, 3.8) is 0 Å². The highest BCUT2D eigenvalue weighted by molar-refractivity contribution is 6.18. The lowest BCUT2D eigenvalue weighted by molar-refractivity contribution is 0.151. The van der Waals surface area contributed by atoms with E-state index in [-0.39, 0.29) is 12.2 Å². The summed E-state index contributed by atoms with van der Waals surface area (Å²) in [6.45, 7) is 0.534. The Morgan fingerprint density at radius 3 is 2.71 bits per heavy atom. The average Bonchev–Trinajstić information content (AvgIpc) is 2.61. The molecule has 14 heavy (non-hydrogen) atoms. The van der Waals surface area contributed by atoms with E-state index < -0.39 is 0 Å². The first-order chi connectivity index (χ1) is 6.81. The molecule has 0 spiro atoms. The lowest BCUT2D eigenvalue weighted by Gasteiger charge is -2.11. The van der Waals surface area contributed by atoms with Crippen LogP contribution in [-0.4, -0.2) is 24.6 Å². The highest BCUT2D eigenvalue weighted by atomic mass is 35.5. The second kappa shape index (κ2) is 3.88. The van der Waals surface area contributed by atoms with Crippen LogP contribution in [0.2, 0.25) is 0 Å². The molecule has 1 saturated heterocycles. The standard InChI is InChI=1S/C10H10ClNO2/c11-6-9-7-12(10(13)14-9)8-4-2-1-3-5-8/h1-5,9H,6-7H2/t9-/m0/s1. The van der Waals surface area contributed by atoms with Gasteiger partial charge in [-0.05, 0) is 12.1 Å². The van der Waals surface area contributed by atoms with E-state index in [1.165, 1.54) is 0 Å². The first-order valence-corrected chi connectivity index (χ1v) is 4.94. The van der Waals surface area contributed by atoms with Crippen molar-refractivity contribution in [2.45, 2.75) is 6.10 Å². The van der Waals surface area contributed by atoms with Crippen LogP contribution in [0.25, 0.3) is 0 Å². The zero-order valence-corrected chi connectivity index (χ0v) is 8.28. The number of rotatable bonds is 2. The van der Waals surface area contributed by atoms with E-state index in [0.717, 1.165) is 5.69 Å². The van der Waals surface area contributed by atoms with Crippen LogP contribution >= 0.6 is 11.6 Å². The minimum absolute atomic E-state index is 0.190. The Balaban J connectivity index is 2.17. The fourth-order valence-corrected chi connectivity index (χ4v) is 1.58. The van der Waals surface area contributed by atoms with Gasteiger partial charge in [0.1, 0.15) is 6.10 Å². The fraction of sp³-hybridized carbons (Fsp3) is 0.300. The number of hydrogen-bond donors (Lipinski definition) is 0. The topological polar surface area (TPSA) is 29.5 Å². The van der Waals surface area contributed by atoms with E-state index in [1.54, 1.807) is 4.90 Å². The van der Waals surface area contributed by atoms with E-state index >= 15 is 0 Å². The first-order valence-electron chi connectivity index (χ1n) is 4.40. The summed E-state index contributed by atoms with van der Waals surface area (Å²) >= 11 is 5.62. The van der Waals surface area contributed by atoms with Crippen LogP contribution in [0.3, 0.4) is 0 Å². The van der Waals surface area contributed by atoms with Crippen LogP contribution in [0.4, 0.5) is 10.5 Å². The van der Waals surface area contributed by atoms with Gasteiger partial charge in [-0.2, -0.15) is 0 Å². The van der Waals surface area contributed by atoms with Crippen LogP contribution in [0.1, 0.15) is 0 Å². The predicted molar refractivity (Wildman–Crippen MR) is 54.8 cm³/mol. The summed E-state index contributed by atoms with van der Waals surface area (Å²) in [5, 5.41) is 0. The van der Waals surface area contributed by atoms with Crippen molar-refractivity contribution in [2.75, 3.05) is 17.3 Å². The Hall–Kier alpha value is -1.22. The van der Waals surface area contributed by atoms with Crippen LogP contribution in [-0.2, 0) is 4.74 Å². The van der Waals surface area contributed by atoms with Crippen molar-refractivity contribution in [1.82, 2.24) is 0 Å². The Morgan fingerprint density at radius 1 is 1.43 bits per heavy atom. The predicted octanol–water partition coefficient (Wildman–Crippen LogP) is 2.25. The third-order valence-electron chi connectivity index (χ3n) is 2.11. The number of para-hydroxylation sites is 1. The SMILES string of the molecule is O=C1O[C@@H](CCl)CN1c1ccccc1. The second-order valence-electron chi connectivity index (χ2n) is 3.11. The molecule has 1 fully saturated rings. The number of carbonyl (C=O) groups is 1. The second-order valence-corrected chi connectivity index (χ2v) is 3.41. The number of carbonyl (C=O) groups excluding carboxylic acids is 1. The van der Waals surface area contributed by atoms with E-state index in [9.17, 15) is 4.79 Å². The van der Waals surface area contributed by atoms with Crippen LogP contribution in [0, 0.1) is 0 Å². The molecule has 3 nitrogen and oxygen atoms in total. The zero-order chi connectivity index (χ0) is 9.97. The van der Waals surface area contributed by atoms with Gasteiger partial charge < -0.3 is 4.74 Å². The molecule has 0 radical (unpaired) electrons. The number of benzene rings is 1. The third-order valence-corrected chi connectivity index (χ3v) is 2.46. The summed E-state index contributed by atoms with van der Waals surface area (Å²) in [5.74, 6) is 0.342. The molecule has 1 heterocycles. The van der Waals surface area contributed by atoms with Gasteiger partial charge in [-0.25, -0.2) is 4.79 Å². The van der Waals surface area contributed by atoms with Gasteiger partial charge in [0.15, 0.2) is 0 Å². The lowest BCUT2D eigenvalue weighted by Crippen LogP contribution is -2.24. The van der Waals surface area contributed by atoms with E-state index in [1.807, 2.05) is 30.3 Å². The van der Waals surface area contributed by atoms with Gasteiger partial charge in [0.2, 0.25) is 0 Å². The Labute approximate surface area is 87.2 Å². The molecule has 0 aromatic heterocycles. The molecule has 0 aliphatic carbocycles. The highest BCUT2D eigenvalue weighted by Crippen LogP contribution is 2.21. The van der Waals surface area contributed by atoms with Gasteiger partial charge in [-0.1, -0.05) is 18.2 Å². The maximum Gasteiger partial charge on any atom is 0.414 e. The molecule has 1 aromatic rings. The summed E-state index contributed by atoms with van der Waals surface area (Å²) in [5.41, 5.74) is 0.852. The minimum atomic E-state index is -0.318. The monoisotopic (exact) mass is 211 g/mol. The Morgan fingerprint density at radius 2 is 2.14 bits per heavy atom. The summed E-state index contributed by atoms with van der Waals surface area (Å²) in [6, 6.07) is 9.42. The lowest BCUT2D eigenvalue weighted by atomic mass is 10.3. The molecule has 74 valence electrons. The van der Waals surface area contributed by atoms with Gasteiger partial charge in [-0.15, -0.1) is 11.6 Å². The normalized spacial score (nSPS) is 21.1. The molecular weight excluding hydrogens is 202 g/mol. The van der Waals surface area contributed by atoms with E-state index in [2.05, 4.69) is 0 Å². The maximum atomic E-state index is 11.4. The van der Waals surface area contributed by atoms with E-state index in [4.69, 9.17) is 16.3 Å². The number of anilines is 1. The zero-order valence-electron chi connectivity index (χ0n) is 7.52. The molecule has 0 saturated carbocycles. The number of halogens is 1. The number of alkyl halides is 1. The number of amides is 1. The molecule has 4 heteroatoms. The molecule has 1 aliphatic heterocycles. The molecule has 0 bridgehead atoms. The summed E-state index contributed by atoms with van der Waals surface area (Å²) in [6.07, 6.45) is -0.508. The Kier molecular flexibility index (Phi) is 2.59. The number of cyclic esters (lactones) is 1. The number of nitrogens with zero attached hydrogens (tertiary/aromatic N) is 1. The van der Waals surface area contributed by atoms with Gasteiger partial charge in [0, 0.05) is 5.69 Å². The van der Waals surface area contributed by atoms with Crippen molar-refractivity contribution in [2.24, 2.45) is 0 Å². The van der Waals surface area contributed by atoms with Crippen molar-refractivity contribution in [1.29, 1.82) is 0 Å². The smallest absolute Gasteiger partial charge is 0.414 e. The maximum absolute atomic E-state index is 11.4. The molecule has 1 aromatic carbocycles. The summed E-state index contributed by atoms with van der Waals surface area (Å²) < 4.78 is 5.03. The minimum Gasteiger partial charge on any atom is -0.443 e. The van der Waals surface area contributed by atoms with Crippen LogP contribution < -0.4 is 4.90 Å². The Bertz CT molecular complexity index is 328. The average molecular weight is 212 g/mol. The van der Waals surface area contributed by atoms with Gasteiger partial charge in [0.05, 0.1) is 12.4 Å². The van der Waals surface area contributed by atoms with Crippen LogP contribution in [0.15, 0.2) is 30.3 Å². The quantitative estimate of drug-likeness (QED) is 0.703.